The van der Waals surface area contributed by atoms with E-state index in [0.717, 1.165) is 24.3 Å². The summed E-state index contributed by atoms with van der Waals surface area (Å²) in [5, 5.41) is 7.32. The van der Waals surface area contributed by atoms with Crippen molar-refractivity contribution in [2.24, 2.45) is 0 Å². The lowest BCUT2D eigenvalue weighted by molar-refractivity contribution is 0.947. The van der Waals surface area contributed by atoms with Crippen LogP contribution in [0.4, 0.5) is 17.5 Å². The van der Waals surface area contributed by atoms with Crippen molar-refractivity contribution in [2.45, 2.75) is 20.3 Å². The number of benzene rings is 1. The largest absolute Gasteiger partial charge is 0.354 e. The standard InChI is InChI=1S/C14H16Cl2N4/c1-3-7-17-14-18-9(2)8-12(20-14)19-11-6-4-5-10(15)13(11)16/h4-6,8H,3,7H2,1-2H3,(H2,17,18,19,20). The Balaban J connectivity index is 2.24. The highest BCUT2D eigenvalue weighted by Gasteiger charge is 2.07. The van der Waals surface area contributed by atoms with E-state index in [2.05, 4.69) is 27.5 Å². The van der Waals surface area contributed by atoms with Crippen molar-refractivity contribution in [1.82, 2.24) is 9.97 Å². The average molecular weight is 311 g/mol. The number of hydrogen-bond donors (Lipinski definition) is 2. The molecule has 106 valence electrons. The first-order valence-corrected chi connectivity index (χ1v) is 7.16. The van der Waals surface area contributed by atoms with Crippen molar-refractivity contribution >= 4 is 40.7 Å². The molecule has 0 atom stereocenters. The fourth-order valence-corrected chi connectivity index (χ4v) is 2.03. The summed E-state index contributed by atoms with van der Waals surface area (Å²) in [4.78, 5) is 8.73. The minimum absolute atomic E-state index is 0.480. The number of rotatable bonds is 5. The highest BCUT2D eigenvalue weighted by atomic mass is 35.5. The number of halogens is 2. The van der Waals surface area contributed by atoms with Crippen LogP contribution in [0, 0.1) is 6.92 Å². The van der Waals surface area contributed by atoms with Crippen LogP contribution >= 0.6 is 23.2 Å². The third-order valence-electron chi connectivity index (χ3n) is 2.60. The van der Waals surface area contributed by atoms with Crippen LogP contribution in [0.1, 0.15) is 19.0 Å². The first-order chi connectivity index (χ1) is 9.60. The summed E-state index contributed by atoms with van der Waals surface area (Å²) in [6.45, 7) is 4.85. The van der Waals surface area contributed by atoms with Gasteiger partial charge in [-0.1, -0.05) is 36.2 Å². The summed E-state index contributed by atoms with van der Waals surface area (Å²) in [5.74, 6) is 1.28. The van der Waals surface area contributed by atoms with Crippen LogP contribution in [0.25, 0.3) is 0 Å². The van der Waals surface area contributed by atoms with E-state index in [4.69, 9.17) is 23.2 Å². The highest BCUT2D eigenvalue weighted by molar-refractivity contribution is 6.43. The second kappa shape index (κ2) is 6.77. The van der Waals surface area contributed by atoms with Gasteiger partial charge in [-0.25, -0.2) is 4.98 Å². The second-order valence-electron chi connectivity index (χ2n) is 4.37. The van der Waals surface area contributed by atoms with Gasteiger partial charge in [0, 0.05) is 18.3 Å². The molecular weight excluding hydrogens is 295 g/mol. The zero-order valence-corrected chi connectivity index (χ0v) is 12.9. The summed E-state index contributed by atoms with van der Waals surface area (Å²) in [6, 6.07) is 7.29. The smallest absolute Gasteiger partial charge is 0.224 e. The lowest BCUT2D eigenvalue weighted by atomic mass is 10.3. The molecular formula is C14H16Cl2N4. The highest BCUT2D eigenvalue weighted by Crippen LogP contribution is 2.31. The van der Waals surface area contributed by atoms with E-state index >= 15 is 0 Å². The monoisotopic (exact) mass is 310 g/mol. The zero-order valence-electron chi connectivity index (χ0n) is 11.4. The van der Waals surface area contributed by atoms with Crippen LogP contribution in [0.3, 0.4) is 0 Å². The average Bonchev–Trinajstić information content (AvgIpc) is 2.41. The van der Waals surface area contributed by atoms with E-state index < -0.39 is 0 Å². The Kier molecular flexibility index (Phi) is 5.04. The topological polar surface area (TPSA) is 49.8 Å². The second-order valence-corrected chi connectivity index (χ2v) is 5.16. The molecule has 0 unspecified atom stereocenters. The maximum absolute atomic E-state index is 6.15. The van der Waals surface area contributed by atoms with Crippen molar-refractivity contribution in [3.8, 4) is 0 Å². The van der Waals surface area contributed by atoms with Crippen LogP contribution in [0.15, 0.2) is 24.3 Å². The van der Waals surface area contributed by atoms with E-state index in [1.807, 2.05) is 25.1 Å². The normalized spacial score (nSPS) is 10.4. The molecule has 2 rings (SSSR count). The first kappa shape index (κ1) is 14.9. The van der Waals surface area contributed by atoms with Crippen LogP contribution in [-0.4, -0.2) is 16.5 Å². The molecule has 0 radical (unpaired) electrons. The molecule has 6 heteroatoms. The van der Waals surface area contributed by atoms with Gasteiger partial charge < -0.3 is 10.6 Å². The molecule has 1 heterocycles. The van der Waals surface area contributed by atoms with Crippen molar-refractivity contribution < 1.29 is 0 Å². The number of nitrogens with zero attached hydrogens (tertiary/aromatic N) is 2. The van der Waals surface area contributed by atoms with Gasteiger partial charge in [-0.3, -0.25) is 0 Å². The summed E-state index contributed by atoms with van der Waals surface area (Å²) >= 11 is 12.1. The fourth-order valence-electron chi connectivity index (χ4n) is 1.69. The number of anilines is 3. The predicted octanol–water partition coefficient (Wildman–Crippen LogP) is 4.66. The van der Waals surface area contributed by atoms with Gasteiger partial charge in [0.05, 0.1) is 15.7 Å². The molecule has 0 amide bonds. The maximum Gasteiger partial charge on any atom is 0.224 e. The number of aryl methyl sites for hydroxylation is 1. The maximum atomic E-state index is 6.15. The summed E-state index contributed by atoms with van der Waals surface area (Å²) in [7, 11) is 0. The Morgan fingerprint density at radius 2 is 2.00 bits per heavy atom. The molecule has 0 aliphatic rings. The van der Waals surface area contributed by atoms with Crippen molar-refractivity contribution in [2.75, 3.05) is 17.2 Å². The van der Waals surface area contributed by atoms with E-state index in [9.17, 15) is 0 Å². The van der Waals surface area contributed by atoms with Gasteiger partial charge in [-0.2, -0.15) is 4.98 Å². The molecule has 0 aliphatic heterocycles. The molecule has 2 N–H and O–H groups in total. The minimum atomic E-state index is 0.480. The molecule has 20 heavy (non-hydrogen) atoms. The van der Waals surface area contributed by atoms with Gasteiger partial charge in [-0.15, -0.1) is 0 Å². The Bertz CT molecular complexity index is 602. The Labute approximate surface area is 128 Å². The third-order valence-corrected chi connectivity index (χ3v) is 3.42. The Morgan fingerprint density at radius 3 is 2.75 bits per heavy atom. The van der Waals surface area contributed by atoms with Crippen molar-refractivity contribution in [1.29, 1.82) is 0 Å². The third kappa shape index (κ3) is 3.74. The SMILES string of the molecule is CCCNc1nc(C)cc(Nc2cccc(Cl)c2Cl)n1. The van der Waals surface area contributed by atoms with Crippen LogP contribution < -0.4 is 10.6 Å². The number of nitrogens with one attached hydrogen (secondary N) is 2. The molecule has 4 nitrogen and oxygen atoms in total. The molecule has 1 aromatic carbocycles. The molecule has 2 aromatic rings. The summed E-state index contributed by atoms with van der Waals surface area (Å²) in [6.07, 6.45) is 1.01. The van der Waals surface area contributed by atoms with Gasteiger partial charge in [0.1, 0.15) is 5.82 Å². The van der Waals surface area contributed by atoms with Crippen molar-refractivity contribution in [3.63, 3.8) is 0 Å². The zero-order chi connectivity index (χ0) is 14.5. The first-order valence-electron chi connectivity index (χ1n) is 6.40. The molecule has 0 fully saturated rings. The molecule has 0 spiro atoms. The van der Waals surface area contributed by atoms with Gasteiger partial charge in [-0.05, 0) is 25.5 Å². The summed E-state index contributed by atoms with van der Waals surface area (Å²) in [5.41, 5.74) is 1.60. The molecule has 0 aliphatic carbocycles. The van der Waals surface area contributed by atoms with E-state index in [1.165, 1.54) is 0 Å². The lowest BCUT2D eigenvalue weighted by Crippen LogP contribution is -2.07. The Hall–Kier alpha value is -1.52. The van der Waals surface area contributed by atoms with Crippen molar-refractivity contribution in [3.05, 3.63) is 40.0 Å². The fraction of sp³-hybridized carbons (Fsp3) is 0.286. The number of hydrogen-bond acceptors (Lipinski definition) is 4. The van der Waals surface area contributed by atoms with E-state index in [0.29, 0.717) is 21.8 Å². The van der Waals surface area contributed by atoms with Gasteiger partial charge in [0.2, 0.25) is 5.95 Å². The van der Waals surface area contributed by atoms with Crippen LogP contribution in [-0.2, 0) is 0 Å². The van der Waals surface area contributed by atoms with Gasteiger partial charge in [0.15, 0.2) is 0 Å². The van der Waals surface area contributed by atoms with Gasteiger partial charge in [0.25, 0.3) is 0 Å². The van der Waals surface area contributed by atoms with E-state index in [1.54, 1.807) is 6.07 Å². The number of aromatic nitrogens is 2. The molecule has 0 saturated carbocycles. The lowest BCUT2D eigenvalue weighted by Gasteiger charge is -2.11. The quantitative estimate of drug-likeness (QED) is 0.843. The minimum Gasteiger partial charge on any atom is -0.354 e. The molecule has 0 saturated heterocycles. The van der Waals surface area contributed by atoms with Gasteiger partial charge >= 0.3 is 0 Å². The summed E-state index contributed by atoms with van der Waals surface area (Å²) < 4.78 is 0. The Morgan fingerprint density at radius 1 is 1.20 bits per heavy atom. The van der Waals surface area contributed by atoms with Crippen LogP contribution in [0.2, 0.25) is 10.0 Å². The predicted molar refractivity (Wildman–Crippen MR) is 85.3 cm³/mol. The van der Waals surface area contributed by atoms with E-state index in [-0.39, 0.29) is 0 Å². The van der Waals surface area contributed by atoms with Crippen LogP contribution in [0.5, 0.6) is 0 Å². The molecule has 1 aromatic heterocycles. The molecule has 0 bridgehead atoms.